The van der Waals surface area contributed by atoms with Crippen LogP contribution in [0.3, 0.4) is 0 Å². The van der Waals surface area contributed by atoms with Crippen molar-refractivity contribution < 1.29 is 0 Å². The van der Waals surface area contributed by atoms with Gasteiger partial charge < -0.3 is 0 Å². The molecule has 22 heavy (non-hydrogen) atoms. The second-order valence-electron chi connectivity index (χ2n) is 9.53. The summed E-state index contributed by atoms with van der Waals surface area (Å²) in [4.78, 5) is 0. The van der Waals surface area contributed by atoms with Crippen LogP contribution >= 0.6 is 0 Å². The highest BCUT2D eigenvalue weighted by atomic mass is 14.2. The highest BCUT2D eigenvalue weighted by Crippen LogP contribution is 2.28. The zero-order valence-corrected chi connectivity index (χ0v) is 17.1. The van der Waals surface area contributed by atoms with Crippen molar-refractivity contribution in [1.82, 2.24) is 0 Å². The predicted octanol–water partition coefficient (Wildman–Crippen LogP) is 7.96. The molecule has 0 saturated heterocycles. The third-order valence-corrected chi connectivity index (χ3v) is 4.69. The van der Waals surface area contributed by atoms with E-state index < -0.39 is 0 Å². The molecule has 0 aromatic rings. The molecule has 0 aromatic heterocycles. The maximum atomic E-state index is 2.38. The molecule has 0 aliphatic rings. The predicted molar refractivity (Wildman–Crippen MR) is 103 cm³/mol. The molecule has 0 heteroatoms. The summed E-state index contributed by atoms with van der Waals surface area (Å²) in [5.74, 6) is 5.37. The van der Waals surface area contributed by atoms with Crippen molar-refractivity contribution >= 4 is 0 Å². The van der Waals surface area contributed by atoms with E-state index in [2.05, 4.69) is 55.4 Å². The molecule has 0 unspecified atom stereocenters. The number of hydrogen-bond donors (Lipinski definition) is 0. The van der Waals surface area contributed by atoms with Crippen molar-refractivity contribution in [1.29, 1.82) is 0 Å². The van der Waals surface area contributed by atoms with E-state index in [1.807, 2.05) is 0 Å². The van der Waals surface area contributed by atoms with Crippen molar-refractivity contribution in [3.8, 4) is 0 Å². The first-order valence-corrected chi connectivity index (χ1v) is 10.2. The summed E-state index contributed by atoms with van der Waals surface area (Å²) in [6.45, 7) is 19.1. The summed E-state index contributed by atoms with van der Waals surface area (Å²) in [6.07, 6.45) is 11.6. The van der Waals surface area contributed by atoms with Gasteiger partial charge in [-0.25, -0.2) is 0 Å². The maximum absolute atomic E-state index is 2.38. The topological polar surface area (TPSA) is 0 Å². The van der Waals surface area contributed by atoms with E-state index in [0.717, 1.165) is 35.5 Å². The zero-order chi connectivity index (χ0) is 17.1. The Bertz CT molecular complexity index is 190. The second-order valence-corrected chi connectivity index (χ2v) is 9.53. The Morgan fingerprint density at radius 2 is 0.636 bits per heavy atom. The molecule has 0 aromatic carbocycles. The van der Waals surface area contributed by atoms with Gasteiger partial charge in [0.05, 0.1) is 0 Å². The normalized spacial score (nSPS) is 12.8. The summed E-state index contributed by atoms with van der Waals surface area (Å²) in [5, 5.41) is 0. The number of unbranched alkanes of at least 4 members (excludes halogenated alkanes) is 1. The van der Waals surface area contributed by atoms with E-state index >= 15 is 0 Å². The Kier molecular flexibility index (Phi) is 12.4. The quantitative estimate of drug-likeness (QED) is 0.303. The largest absolute Gasteiger partial charge is 0.0628 e. The van der Waals surface area contributed by atoms with Crippen molar-refractivity contribution in [2.45, 2.75) is 107 Å². The molecule has 0 fully saturated rings. The van der Waals surface area contributed by atoms with Crippen LogP contribution in [0.4, 0.5) is 0 Å². The number of rotatable bonds is 13. The fraction of sp³-hybridized carbons (Fsp3) is 1.00. The third kappa shape index (κ3) is 13.6. The molecule has 0 bridgehead atoms. The van der Waals surface area contributed by atoms with Gasteiger partial charge in [-0.1, -0.05) is 81.1 Å². The minimum atomic E-state index is 0.860. The summed E-state index contributed by atoms with van der Waals surface area (Å²) >= 11 is 0. The van der Waals surface area contributed by atoms with Crippen LogP contribution in [0.15, 0.2) is 0 Å². The fourth-order valence-electron chi connectivity index (χ4n) is 4.20. The Morgan fingerprint density at radius 3 is 0.818 bits per heavy atom. The molecular formula is C22H46. The van der Waals surface area contributed by atoms with Gasteiger partial charge in [-0.2, -0.15) is 0 Å². The molecule has 134 valence electrons. The van der Waals surface area contributed by atoms with Crippen LogP contribution in [0, 0.1) is 35.5 Å². The van der Waals surface area contributed by atoms with Crippen molar-refractivity contribution in [3.63, 3.8) is 0 Å². The van der Waals surface area contributed by atoms with Crippen molar-refractivity contribution in [3.05, 3.63) is 0 Å². The van der Waals surface area contributed by atoms with Crippen molar-refractivity contribution in [2.24, 2.45) is 35.5 Å². The SMILES string of the molecule is CC(C)CC(CCCCC(CC(C)C)CC(C)C)CC(C)C. The monoisotopic (exact) mass is 310 g/mol. The lowest BCUT2D eigenvalue weighted by Crippen LogP contribution is -2.10. The van der Waals surface area contributed by atoms with Gasteiger partial charge in [-0.15, -0.1) is 0 Å². The van der Waals surface area contributed by atoms with E-state index in [9.17, 15) is 0 Å². The molecule has 0 aliphatic carbocycles. The first-order chi connectivity index (χ1) is 10.2. The van der Waals surface area contributed by atoms with Crippen LogP contribution in [-0.2, 0) is 0 Å². The summed E-state index contributed by atoms with van der Waals surface area (Å²) < 4.78 is 0. The molecule has 0 N–H and O–H groups in total. The summed E-state index contributed by atoms with van der Waals surface area (Å²) in [5.41, 5.74) is 0. The van der Waals surface area contributed by atoms with Crippen LogP contribution in [0.1, 0.15) is 107 Å². The molecule has 0 aliphatic heterocycles. The van der Waals surface area contributed by atoms with Gasteiger partial charge in [0, 0.05) is 0 Å². The molecule has 0 amide bonds. The van der Waals surface area contributed by atoms with Gasteiger partial charge in [0.25, 0.3) is 0 Å². The van der Waals surface area contributed by atoms with E-state index in [-0.39, 0.29) is 0 Å². The summed E-state index contributed by atoms with van der Waals surface area (Å²) in [6, 6.07) is 0. The molecular weight excluding hydrogens is 264 g/mol. The first-order valence-electron chi connectivity index (χ1n) is 10.2. The van der Waals surface area contributed by atoms with Crippen LogP contribution in [-0.4, -0.2) is 0 Å². The standard InChI is InChI=1S/C22H46/c1-17(2)13-21(14-18(3)4)11-9-10-12-22(15-19(5)6)16-20(7)8/h17-22H,9-16H2,1-8H3. The Balaban J connectivity index is 4.10. The van der Waals surface area contributed by atoms with Gasteiger partial charge in [-0.05, 0) is 61.2 Å². The van der Waals surface area contributed by atoms with Gasteiger partial charge in [-0.3, -0.25) is 0 Å². The lowest BCUT2D eigenvalue weighted by Gasteiger charge is -2.23. The smallest absolute Gasteiger partial charge is 0.0409 e. The van der Waals surface area contributed by atoms with Crippen molar-refractivity contribution in [2.75, 3.05) is 0 Å². The average molecular weight is 311 g/mol. The Morgan fingerprint density at radius 1 is 0.409 bits per heavy atom. The molecule has 0 nitrogen and oxygen atoms in total. The van der Waals surface area contributed by atoms with Crippen LogP contribution in [0.25, 0.3) is 0 Å². The molecule has 0 atom stereocenters. The average Bonchev–Trinajstić information content (AvgIpc) is 2.31. The van der Waals surface area contributed by atoms with E-state index in [0.29, 0.717) is 0 Å². The highest BCUT2D eigenvalue weighted by molar-refractivity contribution is 4.67. The van der Waals surface area contributed by atoms with Crippen LogP contribution in [0.5, 0.6) is 0 Å². The lowest BCUT2D eigenvalue weighted by molar-refractivity contribution is 0.291. The zero-order valence-electron chi connectivity index (χ0n) is 17.1. The first kappa shape index (κ1) is 22.0. The lowest BCUT2D eigenvalue weighted by atomic mass is 9.83. The van der Waals surface area contributed by atoms with Crippen LogP contribution < -0.4 is 0 Å². The van der Waals surface area contributed by atoms with Crippen LogP contribution in [0.2, 0.25) is 0 Å². The van der Waals surface area contributed by atoms with E-state index in [1.165, 1.54) is 51.4 Å². The molecule has 0 rings (SSSR count). The third-order valence-electron chi connectivity index (χ3n) is 4.69. The van der Waals surface area contributed by atoms with Gasteiger partial charge in [0.1, 0.15) is 0 Å². The maximum Gasteiger partial charge on any atom is -0.0409 e. The highest BCUT2D eigenvalue weighted by Gasteiger charge is 2.15. The summed E-state index contributed by atoms with van der Waals surface area (Å²) in [7, 11) is 0. The molecule has 0 saturated carbocycles. The molecule has 0 radical (unpaired) electrons. The van der Waals surface area contributed by atoms with E-state index in [1.54, 1.807) is 0 Å². The minimum absolute atomic E-state index is 0.860. The number of hydrogen-bond acceptors (Lipinski definition) is 0. The molecule has 0 spiro atoms. The van der Waals surface area contributed by atoms with Gasteiger partial charge in [0.2, 0.25) is 0 Å². The molecule has 0 heterocycles. The Hall–Kier alpha value is 0. The van der Waals surface area contributed by atoms with E-state index in [4.69, 9.17) is 0 Å². The fourth-order valence-corrected chi connectivity index (χ4v) is 4.20. The minimum Gasteiger partial charge on any atom is -0.0628 e. The second kappa shape index (κ2) is 12.4. The van der Waals surface area contributed by atoms with Gasteiger partial charge >= 0.3 is 0 Å². The Labute approximate surface area is 142 Å². The van der Waals surface area contributed by atoms with Gasteiger partial charge in [0.15, 0.2) is 0 Å².